The molecule has 2 aromatic rings. The minimum Gasteiger partial charge on any atom is -0.352 e. The first-order valence-corrected chi connectivity index (χ1v) is 6.80. The van der Waals surface area contributed by atoms with Crippen LogP contribution in [0.2, 0.25) is 0 Å². The molecular weight excluding hydrogens is 269 g/mol. The maximum absolute atomic E-state index is 13.1. The van der Waals surface area contributed by atoms with Gasteiger partial charge in [0.2, 0.25) is 5.91 Å². The predicted octanol–water partition coefficient (Wildman–Crippen LogP) is 2.28. The lowest BCUT2D eigenvalue weighted by Gasteiger charge is -2.37. The molecule has 108 valence electrons. The summed E-state index contributed by atoms with van der Waals surface area (Å²) < 4.78 is 13.1. The third-order valence-electron chi connectivity index (χ3n) is 3.66. The summed E-state index contributed by atoms with van der Waals surface area (Å²) in [6, 6.07) is 13.7. The van der Waals surface area contributed by atoms with Crippen molar-refractivity contribution in [3.8, 4) is 0 Å². The molecule has 1 amide bonds. The summed E-state index contributed by atoms with van der Waals surface area (Å²) in [6.07, 6.45) is 0. The molecule has 1 aliphatic heterocycles. The Kier molecular flexibility index (Phi) is 3.58. The van der Waals surface area contributed by atoms with Gasteiger partial charge in [0, 0.05) is 6.54 Å². The summed E-state index contributed by atoms with van der Waals surface area (Å²) in [5.41, 5.74) is 8.50. The number of nitrogens with two attached hydrogens (primary N) is 1. The summed E-state index contributed by atoms with van der Waals surface area (Å²) in [4.78, 5) is 13.8. The quantitative estimate of drug-likeness (QED) is 0.909. The Labute approximate surface area is 122 Å². The van der Waals surface area contributed by atoms with Crippen LogP contribution in [0.3, 0.4) is 0 Å². The van der Waals surface area contributed by atoms with Gasteiger partial charge >= 0.3 is 0 Å². The summed E-state index contributed by atoms with van der Waals surface area (Å²) in [7, 11) is 0. The van der Waals surface area contributed by atoms with E-state index in [9.17, 15) is 9.18 Å². The first-order chi connectivity index (χ1) is 10.2. The monoisotopic (exact) mass is 285 g/mol. The van der Waals surface area contributed by atoms with Crippen molar-refractivity contribution in [3.05, 3.63) is 59.9 Å². The first-order valence-electron chi connectivity index (χ1n) is 6.80. The van der Waals surface area contributed by atoms with E-state index in [0.29, 0.717) is 6.54 Å². The van der Waals surface area contributed by atoms with E-state index in [4.69, 9.17) is 5.73 Å². The molecule has 3 N–H and O–H groups in total. The molecule has 0 fully saturated rings. The van der Waals surface area contributed by atoms with Gasteiger partial charge in [0.1, 0.15) is 5.82 Å². The fraction of sp³-hybridized carbons (Fsp3) is 0.188. The van der Waals surface area contributed by atoms with Gasteiger partial charge in [0.25, 0.3) is 0 Å². The van der Waals surface area contributed by atoms with Gasteiger partial charge in [-0.15, -0.1) is 0 Å². The zero-order valence-electron chi connectivity index (χ0n) is 11.4. The third-order valence-corrected chi connectivity index (χ3v) is 3.66. The fourth-order valence-electron chi connectivity index (χ4n) is 2.67. The SMILES string of the molecule is NCC(c1ccc(F)cc1)N1CC(=O)Nc2ccccc21. The maximum Gasteiger partial charge on any atom is 0.243 e. The van der Waals surface area contributed by atoms with Crippen molar-refractivity contribution in [3.63, 3.8) is 0 Å². The molecule has 0 saturated heterocycles. The number of rotatable bonds is 3. The molecule has 0 aliphatic carbocycles. The number of carbonyl (C=O) groups excluding carboxylic acids is 1. The number of benzene rings is 2. The summed E-state index contributed by atoms with van der Waals surface area (Å²) >= 11 is 0. The van der Waals surface area contributed by atoms with E-state index in [-0.39, 0.29) is 24.3 Å². The molecule has 2 aromatic carbocycles. The highest BCUT2D eigenvalue weighted by molar-refractivity contribution is 6.01. The zero-order chi connectivity index (χ0) is 14.8. The Morgan fingerprint density at radius 3 is 2.62 bits per heavy atom. The van der Waals surface area contributed by atoms with Crippen LogP contribution in [0.25, 0.3) is 0 Å². The van der Waals surface area contributed by atoms with Crippen LogP contribution in [-0.4, -0.2) is 19.0 Å². The second-order valence-corrected chi connectivity index (χ2v) is 5.00. The minimum atomic E-state index is -0.286. The van der Waals surface area contributed by atoms with Crippen molar-refractivity contribution in [2.24, 2.45) is 5.73 Å². The Morgan fingerprint density at radius 1 is 1.19 bits per heavy atom. The minimum absolute atomic E-state index is 0.0748. The Balaban J connectivity index is 2.01. The van der Waals surface area contributed by atoms with Gasteiger partial charge in [-0.05, 0) is 29.8 Å². The van der Waals surface area contributed by atoms with Crippen LogP contribution in [-0.2, 0) is 4.79 Å². The molecule has 21 heavy (non-hydrogen) atoms. The Hall–Kier alpha value is -2.40. The molecule has 0 radical (unpaired) electrons. The number of nitrogens with one attached hydrogen (secondary N) is 1. The largest absolute Gasteiger partial charge is 0.352 e. The number of para-hydroxylation sites is 2. The van der Waals surface area contributed by atoms with Crippen molar-refractivity contribution in [2.45, 2.75) is 6.04 Å². The highest BCUT2D eigenvalue weighted by Gasteiger charge is 2.27. The van der Waals surface area contributed by atoms with Crippen molar-refractivity contribution in [1.29, 1.82) is 0 Å². The number of nitrogens with zero attached hydrogens (tertiary/aromatic N) is 1. The molecule has 3 rings (SSSR count). The van der Waals surface area contributed by atoms with Crippen molar-refractivity contribution < 1.29 is 9.18 Å². The topological polar surface area (TPSA) is 58.4 Å². The summed E-state index contributed by atoms with van der Waals surface area (Å²) in [5.74, 6) is -0.361. The van der Waals surface area contributed by atoms with Crippen molar-refractivity contribution >= 4 is 17.3 Å². The average Bonchev–Trinajstić information content (AvgIpc) is 2.49. The standard InChI is InChI=1S/C16H16FN3O/c17-12-7-5-11(6-8-12)15(9-18)20-10-16(21)19-13-3-1-2-4-14(13)20/h1-8,15H,9-10,18H2,(H,19,21). The van der Waals surface area contributed by atoms with Crippen LogP contribution < -0.4 is 16.0 Å². The molecule has 4 nitrogen and oxygen atoms in total. The van der Waals surface area contributed by atoms with E-state index in [2.05, 4.69) is 5.32 Å². The molecule has 0 aromatic heterocycles. The summed E-state index contributed by atoms with van der Waals surface area (Å²) in [6.45, 7) is 0.573. The fourth-order valence-corrected chi connectivity index (χ4v) is 2.67. The van der Waals surface area contributed by atoms with Crippen molar-refractivity contribution in [2.75, 3.05) is 23.3 Å². The molecule has 1 heterocycles. The molecule has 5 heteroatoms. The second kappa shape index (κ2) is 5.54. The molecule has 0 spiro atoms. The summed E-state index contributed by atoms with van der Waals surface area (Å²) in [5, 5.41) is 2.85. The lowest BCUT2D eigenvalue weighted by molar-refractivity contribution is -0.115. The van der Waals surface area contributed by atoms with E-state index in [1.165, 1.54) is 12.1 Å². The third kappa shape index (κ3) is 2.60. The van der Waals surface area contributed by atoms with Gasteiger partial charge < -0.3 is 16.0 Å². The number of carbonyl (C=O) groups is 1. The molecule has 1 atom stereocenters. The molecule has 1 unspecified atom stereocenters. The lowest BCUT2D eigenvalue weighted by atomic mass is 10.0. The van der Waals surface area contributed by atoms with Crippen LogP contribution in [0.15, 0.2) is 48.5 Å². The smallest absolute Gasteiger partial charge is 0.243 e. The number of halogens is 1. The zero-order valence-corrected chi connectivity index (χ0v) is 11.4. The number of fused-ring (bicyclic) bond motifs is 1. The van der Waals surface area contributed by atoms with Gasteiger partial charge in [0.05, 0.1) is 24.0 Å². The van der Waals surface area contributed by atoms with Gasteiger partial charge in [-0.3, -0.25) is 4.79 Å². The molecule has 0 saturated carbocycles. The Bertz CT molecular complexity index is 657. The highest BCUT2D eigenvalue weighted by Crippen LogP contribution is 2.34. The number of amides is 1. The van der Waals surface area contributed by atoms with E-state index in [1.807, 2.05) is 29.2 Å². The van der Waals surface area contributed by atoms with Gasteiger partial charge in [-0.2, -0.15) is 0 Å². The maximum atomic E-state index is 13.1. The predicted molar refractivity (Wildman–Crippen MR) is 80.6 cm³/mol. The molecule has 0 bridgehead atoms. The average molecular weight is 285 g/mol. The van der Waals surface area contributed by atoms with E-state index in [1.54, 1.807) is 12.1 Å². The Morgan fingerprint density at radius 2 is 1.90 bits per heavy atom. The van der Waals surface area contributed by atoms with Gasteiger partial charge in [-0.1, -0.05) is 24.3 Å². The van der Waals surface area contributed by atoms with Crippen LogP contribution in [0.1, 0.15) is 11.6 Å². The van der Waals surface area contributed by atoms with Crippen LogP contribution in [0.4, 0.5) is 15.8 Å². The van der Waals surface area contributed by atoms with Crippen molar-refractivity contribution in [1.82, 2.24) is 0 Å². The number of hydrogen-bond donors (Lipinski definition) is 2. The normalized spacial score (nSPS) is 15.3. The lowest BCUT2D eigenvalue weighted by Crippen LogP contribution is -2.43. The van der Waals surface area contributed by atoms with Crippen LogP contribution in [0, 0.1) is 5.82 Å². The highest BCUT2D eigenvalue weighted by atomic mass is 19.1. The second-order valence-electron chi connectivity index (χ2n) is 5.00. The van der Waals surface area contributed by atoms with Gasteiger partial charge in [0.15, 0.2) is 0 Å². The van der Waals surface area contributed by atoms with Crippen LogP contribution >= 0.6 is 0 Å². The van der Waals surface area contributed by atoms with E-state index >= 15 is 0 Å². The number of anilines is 2. The van der Waals surface area contributed by atoms with E-state index < -0.39 is 0 Å². The molecular formula is C16H16FN3O. The van der Waals surface area contributed by atoms with E-state index in [0.717, 1.165) is 16.9 Å². The first kappa shape index (κ1) is 13.6. The van der Waals surface area contributed by atoms with Crippen LogP contribution in [0.5, 0.6) is 0 Å². The van der Waals surface area contributed by atoms with Gasteiger partial charge in [-0.25, -0.2) is 4.39 Å². The molecule has 1 aliphatic rings. The number of hydrogen-bond acceptors (Lipinski definition) is 3.